The number of hydrogen-bond donors (Lipinski definition) is 0. The highest BCUT2D eigenvalue weighted by Gasteiger charge is 2.40. The second-order valence-corrected chi connectivity index (χ2v) is 5.46. The summed E-state index contributed by atoms with van der Waals surface area (Å²) in [5.74, 6) is -0.541. The fourth-order valence-corrected chi connectivity index (χ4v) is 2.93. The van der Waals surface area contributed by atoms with Crippen molar-refractivity contribution in [3.63, 3.8) is 0 Å². The maximum atomic E-state index is 13.4. The third kappa shape index (κ3) is 3.61. The third-order valence-corrected chi connectivity index (χ3v) is 3.90. The highest BCUT2D eigenvalue weighted by atomic mass is 79.9. The van der Waals surface area contributed by atoms with Crippen LogP contribution in [0.5, 0.6) is 0 Å². The fraction of sp³-hybridized carbons (Fsp3) is 0.267. The van der Waals surface area contributed by atoms with Crippen LogP contribution in [0.25, 0.3) is 11.3 Å². The van der Waals surface area contributed by atoms with Crippen LogP contribution in [0.15, 0.2) is 28.7 Å². The molecule has 24 heavy (non-hydrogen) atoms. The molecule has 0 atom stereocenters. The summed E-state index contributed by atoms with van der Waals surface area (Å²) in [5.41, 5.74) is -1.04. The van der Waals surface area contributed by atoms with Gasteiger partial charge in [0, 0.05) is 7.11 Å². The standard InChI is InChI=1S/C15H11BrF4N2O2/c1-23-8-24-7-22-13(9-2-4-10(17)5-3-9)11(6-21)12(16)14(22)15(18,19)20/h2-5H,7-8H2,1H3. The van der Waals surface area contributed by atoms with E-state index in [4.69, 9.17) is 4.74 Å². The summed E-state index contributed by atoms with van der Waals surface area (Å²) in [6.07, 6.45) is -4.72. The SMILES string of the molecule is COCOCn1c(-c2ccc(F)cc2)c(C#N)c(Br)c1C(F)(F)F. The number of rotatable bonds is 5. The van der Waals surface area contributed by atoms with Gasteiger partial charge in [-0.2, -0.15) is 18.4 Å². The predicted molar refractivity (Wildman–Crippen MR) is 80.2 cm³/mol. The molecule has 128 valence electrons. The molecule has 0 saturated heterocycles. The summed E-state index contributed by atoms with van der Waals surface area (Å²) in [5, 5.41) is 9.29. The van der Waals surface area contributed by atoms with Crippen molar-refractivity contribution in [2.75, 3.05) is 13.9 Å². The predicted octanol–water partition coefficient (Wildman–Crippen LogP) is 4.53. The van der Waals surface area contributed by atoms with E-state index in [0.717, 1.165) is 16.7 Å². The zero-order valence-corrected chi connectivity index (χ0v) is 13.9. The van der Waals surface area contributed by atoms with Gasteiger partial charge in [0.1, 0.15) is 31.1 Å². The molecule has 0 amide bonds. The first-order chi connectivity index (χ1) is 11.3. The average Bonchev–Trinajstić information content (AvgIpc) is 2.80. The number of nitrogens with zero attached hydrogens (tertiary/aromatic N) is 2. The molecule has 0 radical (unpaired) electrons. The number of alkyl halides is 3. The molecular formula is C15H11BrF4N2O2. The van der Waals surface area contributed by atoms with Crippen LogP contribution in [0, 0.1) is 17.1 Å². The lowest BCUT2D eigenvalue weighted by molar-refractivity contribution is -0.148. The fourth-order valence-electron chi connectivity index (χ4n) is 2.22. The summed E-state index contributed by atoms with van der Waals surface area (Å²) in [6, 6.07) is 6.55. The summed E-state index contributed by atoms with van der Waals surface area (Å²) in [4.78, 5) is 0. The zero-order chi connectivity index (χ0) is 17.9. The second kappa shape index (κ2) is 7.34. The Kier molecular flexibility index (Phi) is 5.64. The van der Waals surface area contributed by atoms with Crippen LogP contribution in [0.4, 0.5) is 17.6 Å². The van der Waals surface area contributed by atoms with Gasteiger partial charge >= 0.3 is 6.18 Å². The molecular weight excluding hydrogens is 396 g/mol. The van der Waals surface area contributed by atoms with Gasteiger partial charge in [0.25, 0.3) is 0 Å². The number of hydrogen-bond acceptors (Lipinski definition) is 3. The molecule has 0 bridgehead atoms. The molecule has 2 aromatic rings. The number of benzene rings is 1. The van der Waals surface area contributed by atoms with Crippen molar-refractivity contribution >= 4 is 15.9 Å². The summed E-state index contributed by atoms with van der Waals surface area (Å²) in [6.45, 7) is -0.715. The first kappa shape index (κ1) is 18.4. The Morgan fingerprint density at radius 1 is 1.25 bits per heavy atom. The van der Waals surface area contributed by atoms with Crippen molar-refractivity contribution in [1.82, 2.24) is 4.57 Å². The Morgan fingerprint density at radius 2 is 1.88 bits per heavy atom. The van der Waals surface area contributed by atoms with E-state index in [1.165, 1.54) is 19.2 Å². The topological polar surface area (TPSA) is 47.2 Å². The van der Waals surface area contributed by atoms with Crippen molar-refractivity contribution in [3.8, 4) is 17.3 Å². The van der Waals surface area contributed by atoms with Gasteiger partial charge in [0.15, 0.2) is 0 Å². The van der Waals surface area contributed by atoms with E-state index < -0.39 is 28.9 Å². The Bertz CT molecular complexity index is 764. The van der Waals surface area contributed by atoms with Gasteiger partial charge in [0.2, 0.25) is 0 Å². The molecule has 9 heteroatoms. The quantitative estimate of drug-likeness (QED) is 0.416. The molecule has 1 aromatic heterocycles. The number of halogens is 5. The molecule has 1 heterocycles. The zero-order valence-electron chi connectivity index (χ0n) is 12.3. The van der Waals surface area contributed by atoms with Gasteiger partial charge in [-0.05, 0) is 45.8 Å². The van der Waals surface area contributed by atoms with Gasteiger partial charge in [-0.25, -0.2) is 4.39 Å². The van der Waals surface area contributed by atoms with Crippen molar-refractivity contribution in [2.24, 2.45) is 0 Å². The van der Waals surface area contributed by atoms with Crippen LogP contribution in [0.1, 0.15) is 11.3 Å². The Labute approximate surface area is 143 Å². The van der Waals surface area contributed by atoms with E-state index in [1.807, 2.05) is 0 Å². The Hall–Kier alpha value is -1.89. The molecule has 2 rings (SSSR count). The maximum Gasteiger partial charge on any atom is 0.432 e. The van der Waals surface area contributed by atoms with Crippen molar-refractivity contribution < 1.29 is 27.0 Å². The van der Waals surface area contributed by atoms with Gasteiger partial charge in [-0.3, -0.25) is 0 Å². The molecule has 0 aliphatic carbocycles. The van der Waals surface area contributed by atoms with Gasteiger partial charge in [-0.15, -0.1) is 0 Å². The highest BCUT2D eigenvalue weighted by molar-refractivity contribution is 9.10. The molecule has 4 nitrogen and oxygen atoms in total. The molecule has 0 aliphatic heterocycles. The summed E-state index contributed by atoms with van der Waals surface area (Å²) < 4.78 is 63.5. The van der Waals surface area contributed by atoms with Crippen LogP contribution in [-0.2, 0) is 22.4 Å². The first-order valence-corrected chi connectivity index (χ1v) is 7.32. The van der Waals surface area contributed by atoms with Gasteiger partial charge < -0.3 is 14.0 Å². The minimum atomic E-state index is -4.72. The van der Waals surface area contributed by atoms with Crippen LogP contribution in [0.2, 0.25) is 0 Å². The molecule has 0 aliphatic rings. The minimum Gasteiger partial charge on any atom is -0.359 e. The lowest BCUT2D eigenvalue weighted by atomic mass is 10.1. The van der Waals surface area contributed by atoms with E-state index >= 15 is 0 Å². The number of nitriles is 1. The summed E-state index contributed by atoms with van der Waals surface area (Å²) >= 11 is 2.85. The van der Waals surface area contributed by atoms with Crippen LogP contribution in [0.3, 0.4) is 0 Å². The number of methoxy groups -OCH3 is 1. The van der Waals surface area contributed by atoms with Crippen molar-refractivity contribution in [3.05, 3.63) is 45.8 Å². The van der Waals surface area contributed by atoms with E-state index in [9.17, 15) is 22.8 Å². The van der Waals surface area contributed by atoms with E-state index in [2.05, 4.69) is 20.7 Å². The lowest BCUT2D eigenvalue weighted by Crippen LogP contribution is -2.17. The second-order valence-electron chi connectivity index (χ2n) is 4.67. The number of aromatic nitrogens is 1. The lowest BCUT2D eigenvalue weighted by Gasteiger charge is -2.15. The minimum absolute atomic E-state index is 0.0206. The third-order valence-electron chi connectivity index (χ3n) is 3.12. The first-order valence-electron chi connectivity index (χ1n) is 6.53. The molecule has 0 saturated carbocycles. The van der Waals surface area contributed by atoms with Gasteiger partial charge in [0.05, 0.1) is 15.7 Å². The smallest absolute Gasteiger partial charge is 0.359 e. The average molecular weight is 407 g/mol. The molecule has 0 unspecified atom stereocenters. The molecule has 0 spiro atoms. The van der Waals surface area contributed by atoms with Crippen molar-refractivity contribution in [2.45, 2.75) is 12.9 Å². The molecule has 0 N–H and O–H groups in total. The normalized spacial score (nSPS) is 11.5. The van der Waals surface area contributed by atoms with E-state index in [-0.39, 0.29) is 23.6 Å². The van der Waals surface area contributed by atoms with Crippen molar-refractivity contribution in [1.29, 1.82) is 5.26 Å². The Balaban J connectivity index is 2.70. The summed E-state index contributed by atoms with van der Waals surface area (Å²) in [7, 11) is 1.33. The monoisotopic (exact) mass is 406 g/mol. The van der Waals surface area contributed by atoms with Crippen LogP contribution in [-0.4, -0.2) is 18.5 Å². The molecule has 0 fully saturated rings. The van der Waals surface area contributed by atoms with Crippen LogP contribution < -0.4 is 0 Å². The largest absolute Gasteiger partial charge is 0.432 e. The van der Waals surface area contributed by atoms with Crippen LogP contribution >= 0.6 is 15.9 Å². The van der Waals surface area contributed by atoms with E-state index in [0.29, 0.717) is 0 Å². The number of ether oxygens (including phenoxy) is 2. The van der Waals surface area contributed by atoms with E-state index in [1.54, 1.807) is 6.07 Å². The highest BCUT2D eigenvalue weighted by Crippen LogP contribution is 2.43. The maximum absolute atomic E-state index is 13.4. The molecule has 1 aromatic carbocycles. The Morgan fingerprint density at radius 3 is 2.38 bits per heavy atom. The van der Waals surface area contributed by atoms with Gasteiger partial charge in [-0.1, -0.05) is 0 Å².